The average Bonchev–Trinajstić information content (AvgIpc) is 2.86. The van der Waals surface area contributed by atoms with E-state index in [0.29, 0.717) is 17.7 Å². The summed E-state index contributed by atoms with van der Waals surface area (Å²) in [5, 5.41) is 0. The zero-order valence-electron chi connectivity index (χ0n) is 13.3. The van der Waals surface area contributed by atoms with Gasteiger partial charge in [0.1, 0.15) is 0 Å². The molecule has 3 nitrogen and oxygen atoms in total. The summed E-state index contributed by atoms with van der Waals surface area (Å²) in [5.74, 6) is -0.690. The molecular weight excluding hydrogens is 276 g/mol. The minimum absolute atomic E-state index is 0.0695. The van der Waals surface area contributed by atoms with Crippen LogP contribution in [0.2, 0.25) is 0 Å². The number of carbonyl (C=O) groups is 2. The van der Waals surface area contributed by atoms with Crippen molar-refractivity contribution in [3.63, 3.8) is 0 Å². The maximum Gasteiger partial charge on any atom is 0.234 e. The number of rotatable bonds is 0. The van der Waals surface area contributed by atoms with E-state index >= 15 is 0 Å². The molecule has 3 aliphatic rings. The van der Waals surface area contributed by atoms with Crippen molar-refractivity contribution in [3.05, 3.63) is 40.0 Å². The predicted octanol–water partition coefficient (Wildman–Crippen LogP) is 3.24. The number of hydrogen-bond acceptors (Lipinski definition) is 3. The molecule has 1 heterocycles. The van der Waals surface area contributed by atoms with E-state index in [-0.39, 0.29) is 23.1 Å². The Morgan fingerprint density at radius 2 is 1.95 bits per heavy atom. The molecule has 1 aliphatic heterocycles. The Morgan fingerprint density at radius 3 is 2.73 bits per heavy atom. The lowest BCUT2D eigenvalue weighted by atomic mass is 9.68. The van der Waals surface area contributed by atoms with Gasteiger partial charge >= 0.3 is 0 Å². The largest absolute Gasteiger partial charge is 0.369 e. The van der Waals surface area contributed by atoms with Crippen molar-refractivity contribution in [2.75, 3.05) is 6.61 Å². The standard InChI is InChI=1S/C19H20O3/c1-10-15-13(9-22-10)11-6-7-14-12(5-4-8-19(14,2)3)16(11)18(21)17(15)20/h6-7,10H,4-5,8-9H2,1-3H3/t10-/m0/s1. The molecule has 0 aromatic heterocycles. The summed E-state index contributed by atoms with van der Waals surface area (Å²) in [6, 6.07) is 4.19. The molecule has 4 rings (SSSR count). The van der Waals surface area contributed by atoms with Crippen molar-refractivity contribution in [1.29, 1.82) is 0 Å². The minimum atomic E-state index is -0.357. The minimum Gasteiger partial charge on any atom is -0.369 e. The summed E-state index contributed by atoms with van der Waals surface area (Å²) in [6.07, 6.45) is 2.80. The van der Waals surface area contributed by atoms with Gasteiger partial charge in [-0.05, 0) is 53.9 Å². The summed E-state index contributed by atoms with van der Waals surface area (Å²) in [6.45, 7) is 6.72. The summed E-state index contributed by atoms with van der Waals surface area (Å²) < 4.78 is 5.61. The smallest absolute Gasteiger partial charge is 0.234 e. The molecule has 0 bridgehead atoms. The number of carbonyl (C=O) groups excluding carboxylic acids is 2. The highest BCUT2D eigenvalue weighted by molar-refractivity contribution is 6.53. The quantitative estimate of drug-likeness (QED) is 0.690. The Kier molecular flexibility index (Phi) is 2.77. The summed E-state index contributed by atoms with van der Waals surface area (Å²) in [4.78, 5) is 25.3. The Balaban J connectivity index is 2.02. The fraction of sp³-hybridized carbons (Fsp3) is 0.474. The lowest BCUT2D eigenvalue weighted by Crippen LogP contribution is -2.31. The van der Waals surface area contributed by atoms with Gasteiger partial charge in [0.2, 0.25) is 11.6 Å². The van der Waals surface area contributed by atoms with E-state index < -0.39 is 0 Å². The highest BCUT2D eigenvalue weighted by atomic mass is 16.5. The summed E-state index contributed by atoms with van der Waals surface area (Å²) >= 11 is 0. The first-order valence-corrected chi connectivity index (χ1v) is 8.02. The molecule has 0 fully saturated rings. The average molecular weight is 296 g/mol. The van der Waals surface area contributed by atoms with E-state index in [1.165, 1.54) is 5.56 Å². The van der Waals surface area contributed by atoms with Gasteiger partial charge in [-0.3, -0.25) is 9.59 Å². The third-order valence-electron chi connectivity index (χ3n) is 5.48. The van der Waals surface area contributed by atoms with E-state index in [1.807, 2.05) is 13.0 Å². The maximum absolute atomic E-state index is 12.7. The van der Waals surface area contributed by atoms with Crippen molar-refractivity contribution < 1.29 is 14.3 Å². The van der Waals surface area contributed by atoms with Crippen molar-refractivity contribution in [1.82, 2.24) is 0 Å². The number of ketones is 2. The topological polar surface area (TPSA) is 43.4 Å². The van der Waals surface area contributed by atoms with Crippen LogP contribution >= 0.6 is 0 Å². The van der Waals surface area contributed by atoms with Crippen LogP contribution in [-0.2, 0) is 21.4 Å². The molecule has 3 heteroatoms. The van der Waals surface area contributed by atoms with E-state index in [2.05, 4.69) is 19.9 Å². The zero-order valence-corrected chi connectivity index (χ0v) is 13.3. The molecule has 0 N–H and O–H groups in total. The van der Waals surface area contributed by atoms with Gasteiger partial charge in [0.05, 0.1) is 12.7 Å². The molecule has 0 amide bonds. The highest BCUT2D eigenvalue weighted by Crippen LogP contribution is 2.44. The van der Waals surface area contributed by atoms with Gasteiger partial charge in [-0.1, -0.05) is 26.0 Å². The van der Waals surface area contributed by atoms with Crippen LogP contribution in [0.15, 0.2) is 17.7 Å². The normalized spacial score (nSPS) is 25.9. The number of ether oxygens (including phenoxy) is 1. The van der Waals surface area contributed by atoms with Crippen molar-refractivity contribution in [2.45, 2.75) is 51.6 Å². The van der Waals surface area contributed by atoms with Crippen LogP contribution in [0.3, 0.4) is 0 Å². The molecule has 1 aromatic carbocycles. The van der Waals surface area contributed by atoms with Crippen LogP contribution in [0.1, 0.15) is 60.7 Å². The molecule has 0 unspecified atom stereocenters. The maximum atomic E-state index is 12.7. The van der Waals surface area contributed by atoms with Gasteiger partial charge in [-0.2, -0.15) is 0 Å². The number of hydrogen-bond donors (Lipinski definition) is 0. The molecule has 0 saturated heterocycles. The Hall–Kier alpha value is -1.74. The molecule has 0 spiro atoms. The monoisotopic (exact) mass is 296 g/mol. The molecular formula is C19H20O3. The summed E-state index contributed by atoms with van der Waals surface area (Å²) in [5.41, 5.74) is 5.49. The highest BCUT2D eigenvalue weighted by Gasteiger charge is 2.42. The van der Waals surface area contributed by atoms with Gasteiger partial charge in [-0.25, -0.2) is 0 Å². The second kappa shape index (κ2) is 4.39. The van der Waals surface area contributed by atoms with Gasteiger partial charge < -0.3 is 4.74 Å². The van der Waals surface area contributed by atoms with E-state index in [4.69, 9.17) is 4.74 Å². The van der Waals surface area contributed by atoms with Gasteiger partial charge in [0, 0.05) is 11.1 Å². The molecule has 0 saturated carbocycles. The van der Waals surface area contributed by atoms with Gasteiger partial charge in [-0.15, -0.1) is 0 Å². The van der Waals surface area contributed by atoms with Crippen molar-refractivity contribution in [2.24, 2.45) is 0 Å². The van der Waals surface area contributed by atoms with Crippen LogP contribution in [0.4, 0.5) is 0 Å². The van der Waals surface area contributed by atoms with Crippen LogP contribution in [0, 0.1) is 0 Å². The van der Waals surface area contributed by atoms with Gasteiger partial charge in [0.25, 0.3) is 0 Å². The van der Waals surface area contributed by atoms with Crippen LogP contribution in [0.25, 0.3) is 5.57 Å². The first kappa shape index (κ1) is 13.9. The van der Waals surface area contributed by atoms with Crippen LogP contribution in [-0.4, -0.2) is 24.3 Å². The zero-order chi connectivity index (χ0) is 15.6. The molecule has 1 aromatic rings. The summed E-state index contributed by atoms with van der Waals surface area (Å²) in [7, 11) is 0. The Morgan fingerprint density at radius 1 is 1.18 bits per heavy atom. The fourth-order valence-corrected chi connectivity index (χ4v) is 4.29. The third kappa shape index (κ3) is 1.66. The van der Waals surface area contributed by atoms with E-state index in [0.717, 1.165) is 36.0 Å². The molecule has 0 radical (unpaired) electrons. The SMILES string of the molecule is C[C@@H]1OCC2=C1C(=O)C(=O)c1c2ccc2c1CCCC2(C)C. The molecule has 1 atom stereocenters. The number of benzene rings is 1. The lowest BCUT2D eigenvalue weighted by Gasteiger charge is -2.35. The molecule has 22 heavy (non-hydrogen) atoms. The van der Waals surface area contributed by atoms with E-state index in [1.54, 1.807) is 0 Å². The third-order valence-corrected chi connectivity index (χ3v) is 5.48. The van der Waals surface area contributed by atoms with Crippen LogP contribution in [0.5, 0.6) is 0 Å². The van der Waals surface area contributed by atoms with Crippen molar-refractivity contribution in [3.8, 4) is 0 Å². The van der Waals surface area contributed by atoms with Crippen LogP contribution < -0.4 is 0 Å². The molecule has 2 aliphatic carbocycles. The Bertz CT molecular complexity index is 752. The van der Waals surface area contributed by atoms with E-state index in [9.17, 15) is 9.59 Å². The van der Waals surface area contributed by atoms with Crippen molar-refractivity contribution >= 4 is 17.1 Å². The molecule has 114 valence electrons. The number of fused-ring (bicyclic) bond motifs is 4. The van der Waals surface area contributed by atoms with Gasteiger partial charge in [0.15, 0.2) is 0 Å². The fourth-order valence-electron chi connectivity index (χ4n) is 4.29. The first-order chi connectivity index (χ1) is 10.4. The second-order valence-electron chi connectivity index (χ2n) is 7.26. The number of Topliss-reactive ketones (excluding diaryl/α,β-unsaturated/α-hetero) is 2. The Labute approximate surface area is 130 Å². The lowest BCUT2D eigenvalue weighted by molar-refractivity contribution is -0.112. The predicted molar refractivity (Wildman–Crippen MR) is 84.1 cm³/mol. The first-order valence-electron chi connectivity index (χ1n) is 8.02. The second-order valence-corrected chi connectivity index (χ2v) is 7.26.